The largest absolute Gasteiger partial charge is 0.494 e. The molecule has 1 aliphatic heterocycles. The van der Waals surface area contributed by atoms with Gasteiger partial charge in [0.1, 0.15) is 11.4 Å². The molecule has 1 aliphatic rings. The molecule has 0 radical (unpaired) electrons. The zero-order chi connectivity index (χ0) is 21.8. The summed E-state index contributed by atoms with van der Waals surface area (Å²) in [5, 5.41) is 0.407. The number of halogens is 1. The van der Waals surface area contributed by atoms with Crippen molar-refractivity contribution in [1.29, 1.82) is 0 Å². The standard InChI is InChI=1S/C22H23BrN2O4S/c1-5-28-16-9-7-15(8-10-16)25-21(26)18(24(3)22(25)30)11-14-12-19(27-4)20(29-6-2)13-17(14)23/h7-13H,5-6H2,1-4H3/b18-11-. The number of benzene rings is 2. The number of hydrogen-bond acceptors (Lipinski definition) is 5. The lowest BCUT2D eigenvalue weighted by Gasteiger charge is -2.16. The topological polar surface area (TPSA) is 51.2 Å². The van der Waals surface area contributed by atoms with Gasteiger partial charge in [0.15, 0.2) is 16.6 Å². The minimum absolute atomic E-state index is 0.202. The molecule has 8 heteroatoms. The molecule has 0 bridgehead atoms. The number of ether oxygens (including phenoxy) is 3. The molecule has 1 saturated heterocycles. The van der Waals surface area contributed by atoms with Crippen LogP contribution in [0.5, 0.6) is 17.2 Å². The van der Waals surface area contributed by atoms with Crippen molar-refractivity contribution in [3.8, 4) is 17.2 Å². The number of likely N-dealkylation sites (N-methyl/N-ethyl adjacent to an activating group) is 1. The smallest absolute Gasteiger partial charge is 0.281 e. The van der Waals surface area contributed by atoms with Gasteiger partial charge in [-0.05, 0) is 74.1 Å². The van der Waals surface area contributed by atoms with E-state index in [9.17, 15) is 4.79 Å². The first kappa shape index (κ1) is 22.1. The van der Waals surface area contributed by atoms with Crippen LogP contribution in [0, 0.1) is 0 Å². The van der Waals surface area contributed by atoms with Gasteiger partial charge in [-0.25, -0.2) is 0 Å². The second-order valence-electron chi connectivity index (χ2n) is 6.40. The zero-order valence-corrected chi connectivity index (χ0v) is 19.7. The zero-order valence-electron chi connectivity index (χ0n) is 17.3. The fourth-order valence-electron chi connectivity index (χ4n) is 3.08. The van der Waals surface area contributed by atoms with Crippen molar-refractivity contribution < 1.29 is 19.0 Å². The molecule has 0 aliphatic carbocycles. The van der Waals surface area contributed by atoms with Crippen LogP contribution in [0.4, 0.5) is 5.69 Å². The van der Waals surface area contributed by atoms with E-state index in [4.69, 9.17) is 26.4 Å². The molecule has 0 N–H and O–H groups in total. The fourth-order valence-corrected chi connectivity index (χ4v) is 3.80. The summed E-state index contributed by atoms with van der Waals surface area (Å²) in [4.78, 5) is 16.4. The van der Waals surface area contributed by atoms with Crippen LogP contribution < -0.4 is 19.1 Å². The van der Waals surface area contributed by atoms with Gasteiger partial charge >= 0.3 is 0 Å². The molecule has 1 amide bonds. The molecule has 0 spiro atoms. The third-order valence-corrected chi connectivity index (χ3v) is 5.69. The molecule has 0 saturated carbocycles. The monoisotopic (exact) mass is 490 g/mol. The van der Waals surface area contributed by atoms with E-state index in [1.807, 2.05) is 50.2 Å². The second kappa shape index (κ2) is 9.49. The van der Waals surface area contributed by atoms with Crippen molar-refractivity contribution in [2.75, 3.05) is 32.3 Å². The van der Waals surface area contributed by atoms with E-state index < -0.39 is 0 Å². The predicted molar refractivity (Wildman–Crippen MR) is 125 cm³/mol. The minimum atomic E-state index is -0.202. The van der Waals surface area contributed by atoms with Crippen LogP contribution in [-0.4, -0.2) is 43.3 Å². The highest BCUT2D eigenvalue weighted by molar-refractivity contribution is 9.10. The molecule has 1 heterocycles. The predicted octanol–water partition coefficient (Wildman–Crippen LogP) is 4.86. The van der Waals surface area contributed by atoms with Gasteiger partial charge in [0, 0.05) is 11.5 Å². The Bertz CT molecular complexity index is 991. The SMILES string of the molecule is CCOc1ccc(N2C(=O)/C(=C/c3cc(OC)c(OCC)cc3Br)N(C)C2=S)cc1. The molecule has 6 nitrogen and oxygen atoms in total. The Morgan fingerprint density at radius 1 is 1.07 bits per heavy atom. The summed E-state index contributed by atoms with van der Waals surface area (Å²) < 4.78 is 17.3. The number of methoxy groups -OCH3 is 1. The molecule has 2 aromatic carbocycles. The van der Waals surface area contributed by atoms with Crippen LogP contribution in [0.3, 0.4) is 0 Å². The van der Waals surface area contributed by atoms with Crippen molar-refractivity contribution in [3.05, 3.63) is 52.1 Å². The first-order chi connectivity index (χ1) is 14.4. The van der Waals surface area contributed by atoms with E-state index >= 15 is 0 Å². The Hall–Kier alpha value is -2.58. The number of carbonyl (C=O) groups excluding carboxylic acids is 1. The average Bonchev–Trinajstić information content (AvgIpc) is 2.94. The second-order valence-corrected chi connectivity index (χ2v) is 7.62. The van der Waals surface area contributed by atoms with E-state index in [0.717, 1.165) is 15.8 Å². The molecule has 1 fully saturated rings. The average molecular weight is 491 g/mol. The molecule has 2 aromatic rings. The summed E-state index contributed by atoms with van der Waals surface area (Å²) in [7, 11) is 3.36. The van der Waals surface area contributed by atoms with E-state index in [2.05, 4.69) is 15.9 Å². The van der Waals surface area contributed by atoms with E-state index in [1.165, 1.54) is 4.90 Å². The van der Waals surface area contributed by atoms with Crippen LogP contribution in [-0.2, 0) is 4.79 Å². The fraction of sp³-hybridized carbons (Fsp3) is 0.273. The molecular formula is C22H23BrN2O4S. The van der Waals surface area contributed by atoms with Gasteiger partial charge in [-0.2, -0.15) is 0 Å². The molecule has 30 heavy (non-hydrogen) atoms. The number of thiocarbonyl (C=S) groups is 1. The number of hydrogen-bond donors (Lipinski definition) is 0. The maximum atomic E-state index is 13.2. The number of nitrogens with zero attached hydrogens (tertiary/aromatic N) is 2. The van der Waals surface area contributed by atoms with Gasteiger partial charge in [-0.3, -0.25) is 9.69 Å². The van der Waals surface area contributed by atoms with Crippen molar-refractivity contribution in [2.45, 2.75) is 13.8 Å². The third-order valence-electron chi connectivity index (χ3n) is 4.54. The lowest BCUT2D eigenvalue weighted by atomic mass is 10.1. The van der Waals surface area contributed by atoms with Crippen LogP contribution >= 0.6 is 28.1 Å². The van der Waals surface area contributed by atoms with Crippen molar-refractivity contribution in [3.63, 3.8) is 0 Å². The molecular weight excluding hydrogens is 468 g/mol. The Labute approximate surface area is 190 Å². The number of carbonyl (C=O) groups is 1. The van der Waals surface area contributed by atoms with Gasteiger partial charge < -0.3 is 19.1 Å². The summed E-state index contributed by atoms with van der Waals surface area (Å²) in [6, 6.07) is 10.9. The normalized spacial score (nSPS) is 15.2. The lowest BCUT2D eigenvalue weighted by Crippen LogP contribution is -2.31. The molecule has 158 valence electrons. The van der Waals surface area contributed by atoms with Crippen LogP contribution in [0.15, 0.2) is 46.6 Å². The third kappa shape index (κ3) is 4.29. The number of amides is 1. The van der Waals surface area contributed by atoms with Crippen LogP contribution in [0.2, 0.25) is 0 Å². The van der Waals surface area contributed by atoms with Crippen molar-refractivity contribution in [1.82, 2.24) is 4.90 Å². The Morgan fingerprint density at radius 3 is 2.33 bits per heavy atom. The summed E-state index contributed by atoms with van der Waals surface area (Å²) in [5.41, 5.74) is 1.93. The lowest BCUT2D eigenvalue weighted by molar-refractivity contribution is -0.114. The summed E-state index contributed by atoms with van der Waals surface area (Å²) in [6.07, 6.45) is 1.78. The maximum absolute atomic E-state index is 13.2. The number of anilines is 1. The van der Waals surface area contributed by atoms with E-state index in [0.29, 0.717) is 41.2 Å². The Kier molecular flexibility index (Phi) is 6.99. The Balaban J connectivity index is 1.96. The Morgan fingerprint density at radius 2 is 1.73 bits per heavy atom. The minimum Gasteiger partial charge on any atom is -0.494 e. The summed E-state index contributed by atoms with van der Waals surface area (Å²) in [6.45, 7) is 4.94. The van der Waals surface area contributed by atoms with Gasteiger partial charge in [0.05, 0.1) is 26.0 Å². The van der Waals surface area contributed by atoms with Gasteiger partial charge in [-0.1, -0.05) is 15.9 Å². The highest BCUT2D eigenvalue weighted by atomic mass is 79.9. The molecule has 0 aromatic heterocycles. The maximum Gasteiger partial charge on any atom is 0.281 e. The quantitative estimate of drug-likeness (QED) is 0.408. The van der Waals surface area contributed by atoms with Crippen molar-refractivity contribution in [2.24, 2.45) is 0 Å². The van der Waals surface area contributed by atoms with E-state index in [1.54, 1.807) is 25.1 Å². The molecule has 0 unspecified atom stereocenters. The van der Waals surface area contributed by atoms with Crippen molar-refractivity contribution >= 4 is 50.9 Å². The highest BCUT2D eigenvalue weighted by Gasteiger charge is 2.37. The van der Waals surface area contributed by atoms with Gasteiger partial charge in [-0.15, -0.1) is 0 Å². The van der Waals surface area contributed by atoms with E-state index in [-0.39, 0.29) is 5.91 Å². The first-order valence-electron chi connectivity index (χ1n) is 9.48. The highest BCUT2D eigenvalue weighted by Crippen LogP contribution is 2.36. The summed E-state index contributed by atoms with van der Waals surface area (Å²) in [5.74, 6) is 1.76. The van der Waals surface area contributed by atoms with Gasteiger partial charge in [0.2, 0.25) is 0 Å². The molecule has 0 atom stereocenters. The van der Waals surface area contributed by atoms with Crippen LogP contribution in [0.25, 0.3) is 6.08 Å². The van der Waals surface area contributed by atoms with Gasteiger partial charge in [0.25, 0.3) is 5.91 Å². The first-order valence-corrected chi connectivity index (χ1v) is 10.7. The summed E-state index contributed by atoms with van der Waals surface area (Å²) >= 11 is 9.09. The number of rotatable bonds is 7. The van der Waals surface area contributed by atoms with Crippen LogP contribution in [0.1, 0.15) is 19.4 Å². The molecule has 3 rings (SSSR count).